The summed E-state index contributed by atoms with van der Waals surface area (Å²) < 4.78 is 1.76. The Kier molecular flexibility index (Phi) is 1.70. The number of nitrogens with zero attached hydrogens (tertiary/aromatic N) is 3. The first-order chi connectivity index (χ1) is 6.02. The third-order valence-corrected chi connectivity index (χ3v) is 3.11. The van der Waals surface area contributed by atoms with Crippen molar-refractivity contribution in [3.63, 3.8) is 0 Å². The first kappa shape index (κ1) is 8.69. The lowest BCUT2D eigenvalue weighted by Crippen LogP contribution is -2.18. The molecule has 1 aromatic rings. The summed E-state index contributed by atoms with van der Waals surface area (Å²) in [5.41, 5.74) is 7.56. The molecule has 1 fully saturated rings. The van der Waals surface area contributed by atoms with Gasteiger partial charge in [0.1, 0.15) is 0 Å². The van der Waals surface area contributed by atoms with E-state index in [1.165, 1.54) is 6.42 Å². The second-order valence-corrected chi connectivity index (χ2v) is 4.61. The molecule has 0 aromatic carbocycles. The van der Waals surface area contributed by atoms with Crippen LogP contribution in [0, 0.1) is 11.3 Å². The maximum Gasteiger partial charge on any atom is 0.0754 e. The van der Waals surface area contributed by atoms with Crippen molar-refractivity contribution >= 4 is 0 Å². The van der Waals surface area contributed by atoms with Gasteiger partial charge in [-0.3, -0.25) is 4.68 Å². The van der Waals surface area contributed by atoms with Gasteiger partial charge in [0.05, 0.1) is 17.9 Å². The van der Waals surface area contributed by atoms with Crippen LogP contribution in [0.4, 0.5) is 0 Å². The van der Waals surface area contributed by atoms with Crippen LogP contribution >= 0.6 is 0 Å². The second kappa shape index (κ2) is 2.54. The largest absolute Gasteiger partial charge is 0.322 e. The summed E-state index contributed by atoms with van der Waals surface area (Å²) >= 11 is 0. The van der Waals surface area contributed by atoms with Gasteiger partial charge in [0.2, 0.25) is 0 Å². The number of hydrogen-bond acceptors (Lipinski definition) is 3. The van der Waals surface area contributed by atoms with Gasteiger partial charge in [-0.05, 0) is 17.8 Å². The van der Waals surface area contributed by atoms with Gasteiger partial charge in [-0.1, -0.05) is 19.1 Å². The van der Waals surface area contributed by atoms with Crippen LogP contribution in [0.1, 0.15) is 32.0 Å². The molecule has 72 valence electrons. The van der Waals surface area contributed by atoms with Gasteiger partial charge >= 0.3 is 0 Å². The highest BCUT2D eigenvalue weighted by Gasteiger charge is 2.50. The molecule has 4 heteroatoms. The minimum atomic E-state index is 0.0926. The van der Waals surface area contributed by atoms with Crippen LogP contribution in [-0.4, -0.2) is 15.0 Å². The Bertz CT molecular complexity index is 315. The third kappa shape index (κ3) is 1.35. The van der Waals surface area contributed by atoms with E-state index in [2.05, 4.69) is 24.2 Å². The number of aryl methyl sites for hydroxylation is 1. The highest BCUT2D eigenvalue weighted by Crippen LogP contribution is 2.56. The van der Waals surface area contributed by atoms with Gasteiger partial charge in [-0.2, -0.15) is 0 Å². The van der Waals surface area contributed by atoms with E-state index in [-0.39, 0.29) is 6.04 Å². The molecule has 0 bridgehead atoms. The molecule has 0 saturated heterocycles. The highest BCUT2D eigenvalue weighted by molar-refractivity contribution is 5.11. The summed E-state index contributed by atoms with van der Waals surface area (Å²) in [4.78, 5) is 0. The Labute approximate surface area is 78.1 Å². The van der Waals surface area contributed by atoms with Crippen molar-refractivity contribution in [1.29, 1.82) is 0 Å². The maximum absolute atomic E-state index is 6.12. The van der Waals surface area contributed by atoms with Gasteiger partial charge in [0.15, 0.2) is 0 Å². The Morgan fingerprint density at radius 2 is 2.31 bits per heavy atom. The van der Waals surface area contributed by atoms with Crippen molar-refractivity contribution in [2.45, 2.75) is 26.3 Å². The summed E-state index contributed by atoms with van der Waals surface area (Å²) in [6, 6.07) is 0.0926. The zero-order valence-corrected chi connectivity index (χ0v) is 8.36. The van der Waals surface area contributed by atoms with Gasteiger partial charge < -0.3 is 5.73 Å². The van der Waals surface area contributed by atoms with E-state index < -0.39 is 0 Å². The van der Waals surface area contributed by atoms with Crippen LogP contribution in [0.25, 0.3) is 0 Å². The molecule has 1 aliphatic rings. The lowest BCUT2D eigenvalue weighted by atomic mass is 10.0. The molecular weight excluding hydrogens is 164 g/mol. The minimum Gasteiger partial charge on any atom is -0.322 e. The van der Waals surface area contributed by atoms with Gasteiger partial charge in [-0.25, -0.2) is 0 Å². The zero-order chi connectivity index (χ0) is 9.64. The molecule has 1 heterocycles. The Morgan fingerprint density at radius 3 is 2.69 bits per heavy atom. The second-order valence-electron chi connectivity index (χ2n) is 4.61. The van der Waals surface area contributed by atoms with Crippen molar-refractivity contribution in [2.24, 2.45) is 24.1 Å². The molecule has 0 radical (unpaired) electrons. The van der Waals surface area contributed by atoms with E-state index in [1.54, 1.807) is 10.9 Å². The predicted molar refractivity (Wildman–Crippen MR) is 49.8 cm³/mol. The number of rotatable bonds is 2. The standard InChI is InChI=1S/C9H16N4/c1-9(2)4-6(9)8(10)7-5-11-12-13(7)3/h5-6,8H,4,10H2,1-3H3. The van der Waals surface area contributed by atoms with Crippen LogP contribution < -0.4 is 5.73 Å². The Balaban J connectivity index is 2.15. The molecule has 0 aliphatic heterocycles. The van der Waals surface area contributed by atoms with Crippen molar-refractivity contribution in [3.8, 4) is 0 Å². The number of nitrogens with two attached hydrogens (primary N) is 1. The van der Waals surface area contributed by atoms with Gasteiger partial charge in [-0.15, -0.1) is 5.10 Å². The van der Waals surface area contributed by atoms with Crippen LogP contribution in [-0.2, 0) is 7.05 Å². The lowest BCUT2D eigenvalue weighted by Gasteiger charge is -2.12. The van der Waals surface area contributed by atoms with Crippen LogP contribution in [0.2, 0.25) is 0 Å². The Hall–Kier alpha value is -0.900. The Morgan fingerprint density at radius 1 is 1.69 bits per heavy atom. The first-order valence-electron chi connectivity index (χ1n) is 4.62. The third-order valence-electron chi connectivity index (χ3n) is 3.11. The molecule has 0 amide bonds. The van der Waals surface area contributed by atoms with Crippen molar-refractivity contribution < 1.29 is 0 Å². The normalized spacial score (nSPS) is 27.2. The van der Waals surface area contributed by atoms with E-state index in [0.29, 0.717) is 11.3 Å². The quantitative estimate of drug-likeness (QED) is 0.734. The zero-order valence-electron chi connectivity index (χ0n) is 8.36. The smallest absolute Gasteiger partial charge is 0.0754 e. The van der Waals surface area contributed by atoms with E-state index in [0.717, 1.165) is 5.69 Å². The molecule has 1 aromatic heterocycles. The monoisotopic (exact) mass is 180 g/mol. The molecule has 2 unspecified atom stereocenters. The van der Waals surface area contributed by atoms with Gasteiger partial charge in [0, 0.05) is 7.05 Å². The molecule has 2 rings (SSSR count). The van der Waals surface area contributed by atoms with E-state index in [1.807, 2.05) is 7.05 Å². The molecule has 13 heavy (non-hydrogen) atoms. The van der Waals surface area contributed by atoms with Crippen molar-refractivity contribution in [1.82, 2.24) is 15.0 Å². The van der Waals surface area contributed by atoms with E-state index in [9.17, 15) is 0 Å². The molecule has 1 saturated carbocycles. The topological polar surface area (TPSA) is 56.7 Å². The number of aromatic nitrogens is 3. The first-order valence-corrected chi connectivity index (χ1v) is 4.62. The molecule has 0 spiro atoms. The summed E-state index contributed by atoms with van der Waals surface area (Å²) in [7, 11) is 1.89. The minimum absolute atomic E-state index is 0.0926. The predicted octanol–water partition coefficient (Wildman–Crippen LogP) is 0.861. The van der Waals surface area contributed by atoms with Gasteiger partial charge in [0.25, 0.3) is 0 Å². The summed E-state index contributed by atoms with van der Waals surface area (Å²) in [6.45, 7) is 4.50. The fourth-order valence-corrected chi connectivity index (χ4v) is 1.93. The van der Waals surface area contributed by atoms with E-state index in [4.69, 9.17) is 5.73 Å². The van der Waals surface area contributed by atoms with Crippen LogP contribution in [0.3, 0.4) is 0 Å². The highest BCUT2D eigenvalue weighted by atomic mass is 15.4. The average Bonchev–Trinajstić information content (AvgIpc) is 2.49. The summed E-state index contributed by atoms with van der Waals surface area (Å²) in [5.74, 6) is 0.588. The maximum atomic E-state index is 6.12. The van der Waals surface area contributed by atoms with Crippen molar-refractivity contribution in [3.05, 3.63) is 11.9 Å². The molecular formula is C9H16N4. The lowest BCUT2D eigenvalue weighted by molar-refractivity contribution is 0.469. The molecule has 1 aliphatic carbocycles. The van der Waals surface area contributed by atoms with E-state index >= 15 is 0 Å². The fraction of sp³-hybridized carbons (Fsp3) is 0.778. The van der Waals surface area contributed by atoms with Crippen molar-refractivity contribution in [2.75, 3.05) is 0 Å². The van der Waals surface area contributed by atoms with Crippen LogP contribution in [0.5, 0.6) is 0 Å². The average molecular weight is 180 g/mol. The fourth-order valence-electron chi connectivity index (χ4n) is 1.93. The molecule has 2 atom stereocenters. The molecule has 4 nitrogen and oxygen atoms in total. The summed E-state index contributed by atoms with van der Waals surface area (Å²) in [6.07, 6.45) is 2.97. The number of hydrogen-bond donors (Lipinski definition) is 1. The van der Waals surface area contributed by atoms with Crippen LogP contribution in [0.15, 0.2) is 6.20 Å². The molecule has 2 N–H and O–H groups in total. The summed E-state index contributed by atoms with van der Waals surface area (Å²) in [5, 5.41) is 7.72. The SMILES string of the molecule is Cn1nncc1C(N)C1CC1(C)C.